The van der Waals surface area contributed by atoms with Gasteiger partial charge in [-0.15, -0.1) is 0 Å². The van der Waals surface area contributed by atoms with E-state index < -0.39 is 5.97 Å². The first kappa shape index (κ1) is 22.7. The first-order chi connectivity index (χ1) is 16.6. The molecule has 0 atom stereocenters. The fourth-order valence-electron chi connectivity index (χ4n) is 3.58. The zero-order chi connectivity index (χ0) is 23.8. The van der Waals surface area contributed by atoms with Crippen LogP contribution in [0.3, 0.4) is 0 Å². The minimum atomic E-state index is -1.01. The zero-order valence-electron chi connectivity index (χ0n) is 18.4. The maximum atomic E-state index is 13.0. The third-order valence-electron chi connectivity index (χ3n) is 5.25. The Hall–Kier alpha value is -4.52. The Morgan fingerprint density at radius 2 is 1.74 bits per heavy atom. The number of carbonyl (C=O) groups excluding carboxylic acids is 1. The molecule has 4 aromatic rings. The van der Waals surface area contributed by atoms with Crippen molar-refractivity contribution in [1.29, 1.82) is 0 Å². The van der Waals surface area contributed by atoms with Gasteiger partial charge >= 0.3 is 5.97 Å². The number of aryl methyl sites for hydroxylation is 1. The second-order valence-corrected chi connectivity index (χ2v) is 7.71. The molecule has 4 rings (SSSR count). The van der Waals surface area contributed by atoms with Gasteiger partial charge in [0.15, 0.2) is 0 Å². The summed E-state index contributed by atoms with van der Waals surface area (Å²) in [5, 5.41) is 17.1. The number of rotatable bonds is 9. The van der Waals surface area contributed by atoms with E-state index in [1.54, 1.807) is 18.2 Å². The van der Waals surface area contributed by atoms with Crippen LogP contribution < -0.4 is 10.7 Å². The number of hydrogen-bond donors (Lipinski definition) is 3. The molecular weight excluding hydrogens is 428 g/mol. The summed E-state index contributed by atoms with van der Waals surface area (Å²) in [6, 6.07) is 25.7. The Morgan fingerprint density at radius 3 is 2.56 bits per heavy atom. The highest BCUT2D eigenvalue weighted by molar-refractivity contribution is 6.07. The number of nitrogens with one attached hydrogen (secondary N) is 2. The van der Waals surface area contributed by atoms with E-state index in [1.165, 1.54) is 23.9 Å². The fourth-order valence-corrected chi connectivity index (χ4v) is 3.58. The van der Waals surface area contributed by atoms with Gasteiger partial charge in [-0.25, -0.2) is 9.78 Å². The number of benzene rings is 3. The van der Waals surface area contributed by atoms with Crippen LogP contribution >= 0.6 is 0 Å². The molecule has 1 aromatic heterocycles. The minimum absolute atomic E-state index is 0.162. The maximum absolute atomic E-state index is 13.0. The van der Waals surface area contributed by atoms with Crippen molar-refractivity contribution < 1.29 is 14.7 Å². The van der Waals surface area contributed by atoms with Gasteiger partial charge in [-0.05, 0) is 48.7 Å². The first-order valence-electron chi connectivity index (χ1n) is 10.9. The lowest BCUT2D eigenvalue weighted by molar-refractivity contribution is 0.0696. The van der Waals surface area contributed by atoms with Crippen LogP contribution in [0.2, 0.25) is 0 Å². The number of hydrazone groups is 1. The molecule has 0 bridgehead atoms. The molecule has 0 aliphatic rings. The largest absolute Gasteiger partial charge is 0.478 e. The van der Waals surface area contributed by atoms with Crippen LogP contribution in [0.5, 0.6) is 0 Å². The lowest BCUT2D eigenvalue weighted by Gasteiger charge is -2.09. The normalized spacial score (nSPS) is 10.9. The topological polar surface area (TPSA) is 104 Å². The van der Waals surface area contributed by atoms with E-state index in [9.17, 15) is 9.59 Å². The van der Waals surface area contributed by atoms with Gasteiger partial charge in [0, 0.05) is 11.9 Å². The van der Waals surface area contributed by atoms with Crippen molar-refractivity contribution in [3.63, 3.8) is 0 Å². The Labute approximate surface area is 197 Å². The number of hydrogen-bond acceptors (Lipinski definition) is 5. The van der Waals surface area contributed by atoms with Gasteiger partial charge in [-0.2, -0.15) is 5.10 Å². The number of carboxylic acids is 1. The van der Waals surface area contributed by atoms with Crippen molar-refractivity contribution in [2.24, 2.45) is 5.10 Å². The molecule has 0 fully saturated rings. The summed E-state index contributed by atoms with van der Waals surface area (Å²) in [4.78, 5) is 28.7. The van der Waals surface area contributed by atoms with E-state index in [1.807, 2.05) is 42.5 Å². The average molecular weight is 453 g/mol. The summed E-state index contributed by atoms with van der Waals surface area (Å²) >= 11 is 0. The molecule has 3 aromatic carbocycles. The quantitative estimate of drug-likeness (QED) is 0.193. The summed E-state index contributed by atoms with van der Waals surface area (Å²) in [5.41, 5.74) is 6.47. The van der Waals surface area contributed by atoms with Crippen molar-refractivity contribution in [3.8, 4) is 0 Å². The van der Waals surface area contributed by atoms with Crippen LogP contribution in [0.25, 0.3) is 10.9 Å². The molecule has 0 saturated heterocycles. The number of carboxylic acid groups (broad SMARTS) is 1. The molecule has 3 N–H and O–H groups in total. The van der Waals surface area contributed by atoms with Crippen LogP contribution in [0, 0.1) is 0 Å². The highest BCUT2D eigenvalue weighted by atomic mass is 16.4. The van der Waals surface area contributed by atoms with Crippen LogP contribution in [-0.4, -0.2) is 34.7 Å². The number of amides is 1. The molecule has 1 amide bonds. The Balaban J connectivity index is 1.46. The number of fused-ring (bicyclic) bond motifs is 1. The molecule has 0 radical (unpaired) electrons. The van der Waals surface area contributed by atoms with Crippen molar-refractivity contribution in [1.82, 2.24) is 10.3 Å². The average Bonchev–Trinajstić information content (AvgIpc) is 2.87. The second kappa shape index (κ2) is 10.9. The smallest absolute Gasteiger partial charge is 0.335 e. The number of anilines is 1. The highest BCUT2D eigenvalue weighted by Crippen LogP contribution is 2.18. The fraction of sp³-hybridized carbons (Fsp3) is 0.111. The molecule has 0 spiro atoms. The summed E-state index contributed by atoms with van der Waals surface area (Å²) in [7, 11) is 0. The van der Waals surface area contributed by atoms with Gasteiger partial charge in [0.1, 0.15) is 0 Å². The van der Waals surface area contributed by atoms with E-state index >= 15 is 0 Å². The van der Waals surface area contributed by atoms with Crippen molar-refractivity contribution in [3.05, 3.63) is 107 Å². The van der Waals surface area contributed by atoms with Crippen LogP contribution in [0.1, 0.15) is 38.4 Å². The third kappa shape index (κ3) is 5.83. The number of para-hydroxylation sites is 1. The lowest BCUT2D eigenvalue weighted by Crippen LogP contribution is -2.25. The maximum Gasteiger partial charge on any atom is 0.335 e. The Bertz CT molecular complexity index is 1340. The van der Waals surface area contributed by atoms with Crippen LogP contribution in [0.4, 0.5) is 5.69 Å². The van der Waals surface area contributed by atoms with E-state index in [4.69, 9.17) is 5.11 Å². The predicted molar refractivity (Wildman–Crippen MR) is 133 cm³/mol. The van der Waals surface area contributed by atoms with Gasteiger partial charge in [-0.1, -0.05) is 54.6 Å². The SMILES string of the molecule is O=C(O)c1cccc(N/N=C/c2cc(C(=O)NCCCc3ccccc3)c3ccccc3n2)c1. The number of carbonyl (C=O) groups is 2. The van der Waals surface area contributed by atoms with Crippen LogP contribution in [-0.2, 0) is 6.42 Å². The Morgan fingerprint density at radius 1 is 0.941 bits per heavy atom. The van der Waals surface area contributed by atoms with Gasteiger partial charge in [0.05, 0.1) is 34.2 Å². The third-order valence-corrected chi connectivity index (χ3v) is 5.25. The van der Waals surface area contributed by atoms with E-state index in [2.05, 4.69) is 33.0 Å². The van der Waals surface area contributed by atoms with Gasteiger partial charge in [-0.3, -0.25) is 10.2 Å². The van der Waals surface area contributed by atoms with Crippen molar-refractivity contribution >= 4 is 34.7 Å². The van der Waals surface area contributed by atoms with E-state index in [-0.39, 0.29) is 11.5 Å². The summed E-state index contributed by atoms with van der Waals surface area (Å²) in [5.74, 6) is -1.17. The molecule has 0 aliphatic carbocycles. The molecule has 170 valence electrons. The first-order valence-corrected chi connectivity index (χ1v) is 10.9. The molecule has 7 heteroatoms. The second-order valence-electron chi connectivity index (χ2n) is 7.71. The van der Waals surface area contributed by atoms with Crippen LogP contribution in [0.15, 0.2) is 90.0 Å². The summed E-state index contributed by atoms with van der Waals surface area (Å²) < 4.78 is 0. The van der Waals surface area contributed by atoms with E-state index in [0.29, 0.717) is 29.0 Å². The minimum Gasteiger partial charge on any atom is -0.478 e. The molecule has 0 aliphatic heterocycles. The monoisotopic (exact) mass is 452 g/mol. The van der Waals surface area contributed by atoms with E-state index in [0.717, 1.165) is 18.2 Å². The predicted octanol–water partition coefficient (Wildman–Crippen LogP) is 4.74. The number of nitrogens with zero attached hydrogens (tertiary/aromatic N) is 2. The van der Waals surface area contributed by atoms with Gasteiger partial charge in [0.2, 0.25) is 0 Å². The number of aromatic carboxylic acids is 1. The molecule has 0 saturated carbocycles. The number of pyridine rings is 1. The van der Waals surface area contributed by atoms with Gasteiger partial charge in [0.25, 0.3) is 5.91 Å². The molecule has 1 heterocycles. The van der Waals surface area contributed by atoms with Crippen molar-refractivity contribution in [2.75, 3.05) is 12.0 Å². The highest BCUT2D eigenvalue weighted by Gasteiger charge is 2.12. The van der Waals surface area contributed by atoms with Gasteiger partial charge < -0.3 is 10.4 Å². The standard InChI is InChI=1S/C27H24N4O3/c32-26(28-15-7-10-19-8-2-1-3-9-19)24-17-22(30-25-14-5-4-13-23(24)25)18-29-31-21-12-6-11-20(16-21)27(33)34/h1-6,8-9,11-14,16-18,31H,7,10,15H2,(H,28,32)(H,33,34)/b29-18+. The zero-order valence-corrected chi connectivity index (χ0v) is 18.4. The molecule has 0 unspecified atom stereocenters. The lowest BCUT2D eigenvalue weighted by atomic mass is 10.1. The summed E-state index contributed by atoms with van der Waals surface area (Å²) in [6.45, 7) is 0.565. The summed E-state index contributed by atoms with van der Waals surface area (Å²) in [6.07, 6.45) is 3.24. The van der Waals surface area contributed by atoms with Crippen molar-refractivity contribution in [2.45, 2.75) is 12.8 Å². The molecule has 7 nitrogen and oxygen atoms in total. The molecule has 34 heavy (non-hydrogen) atoms. The molecular formula is C27H24N4O3. The Kier molecular flexibility index (Phi) is 7.25. The number of aromatic nitrogens is 1.